The molecule has 1 aromatic heterocycles. The van der Waals surface area contributed by atoms with E-state index >= 15 is 0 Å². The van der Waals surface area contributed by atoms with E-state index < -0.39 is 17.5 Å². The maximum atomic E-state index is 13.8. The highest BCUT2D eigenvalue weighted by Gasteiger charge is 2.20. The molecular formula is C15H16F3NO. The number of nitrogens with one attached hydrogen (secondary N) is 1. The van der Waals surface area contributed by atoms with Gasteiger partial charge in [-0.25, -0.2) is 13.2 Å². The molecule has 0 fully saturated rings. The molecule has 0 aliphatic carbocycles. The highest BCUT2D eigenvalue weighted by molar-refractivity contribution is 5.24. The van der Waals surface area contributed by atoms with Crippen molar-refractivity contribution in [3.63, 3.8) is 0 Å². The molecule has 0 radical (unpaired) electrons. The molecule has 0 aliphatic rings. The van der Waals surface area contributed by atoms with Crippen LogP contribution in [-0.4, -0.2) is 6.54 Å². The summed E-state index contributed by atoms with van der Waals surface area (Å²) in [5.41, 5.74) is 0.136. The van der Waals surface area contributed by atoms with Gasteiger partial charge in [0.05, 0.1) is 6.26 Å². The summed E-state index contributed by atoms with van der Waals surface area (Å²) in [7, 11) is 0. The zero-order valence-corrected chi connectivity index (χ0v) is 11.1. The van der Waals surface area contributed by atoms with E-state index in [4.69, 9.17) is 4.42 Å². The molecule has 0 saturated carbocycles. The Morgan fingerprint density at radius 2 is 1.95 bits per heavy atom. The summed E-state index contributed by atoms with van der Waals surface area (Å²) < 4.78 is 45.3. The van der Waals surface area contributed by atoms with Crippen LogP contribution in [0.25, 0.3) is 0 Å². The van der Waals surface area contributed by atoms with E-state index in [-0.39, 0.29) is 11.6 Å². The summed E-state index contributed by atoms with van der Waals surface area (Å²) in [5.74, 6) is -2.96. The van der Waals surface area contributed by atoms with Gasteiger partial charge in [-0.05, 0) is 31.2 Å². The monoisotopic (exact) mass is 283 g/mol. The molecule has 0 bridgehead atoms. The second-order valence-electron chi connectivity index (χ2n) is 4.49. The molecule has 108 valence electrons. The molecular weight excluding hydrogens is 267 g/mol. The van der Waals surface area contributed by atoms with E-state index in [1.807, 2.05) is 13.0 Å². The summed E-state index contributed by atoms with van der Waals surface area (Å²) >= 11 is 0. The van der Waals surface area contributed by atoms with Gasteiger partial charge in [-0.15, -0.1) is 0 Å². The minimum atomic E-state index is -1.43. The van der Waals surface area contributed by atoms with Crippen LogP contribution in [-0.2, 0) is 6.42 Å². The van der Waals surface area contributed by atoms with Crippen molar-refractivity contribution in [1.82, 2.24) is 5.32 Å². The van der Waals surface area contributed by atoms with Crippen molar-refractivity contribution in [3.8, 4) is 0 Å². The summed E-state index contributed by atoms with van der Waals surface area (Å²) in [6.07, 6.45) is 2.68. The Balaban J connectivity index is 2.17. The van der Waals surface area contributed by atoms with Gasteiger partial charge in [0.1, 0.15) is 5.76 Å². The van der Waals surface area contributed by atoms with Crippen LogP contribution in [0.2, 0.25) is 0 Å². The first-order valence-electron chi connectivity index (χ1n) is 6.52. The molecule has 1 unspecified atom stereocenters. The molecule has 0 amide bonds. The number of aryl methyl sites for hydroxylation is 1. The van der Waals surface area contributed by atoms with Gasteiger partial charge < -0.3 is 9.73 Å². The fraction of sp³-hybridized carbons (Fsp3) is 0.333. The minimum absolute atomic E-state index is 0.136. The maximum Gasteiger partial charge on any atom is 0.194 e. The molecule has 2 aromatic rings. The van der Waals surface area contributed by atoms with Gasteiger partial charge >= 0.3 is 0 Å². The molecule has 1 heterocycles. The Morgan fingerprint density at radius 1 is 1.15 bits per heavy atom. The predicted octanol–water partition coefficient (Wildman–Crippen LogP) is 3.98. The third-order valence-electron chi connectivity index (χ3n) is 3.15. The first-order chi connectivity index (χ1) is 9.63. The number of benzene rings is 1. The zero-order chi connectivity index (χ0) is 14.5. The molecule has 20 heavy (non-hydrogen) atoms. The maximum absolute atomic E-state index is 13.8. The van der Waals surface area contributed by atoms with Crippen molar-refractivity contribution in [2.45, 2.75) is 25.8 Å². The SMILES string of the molecule is CCNC(CCc1ccco1)c1ccc(F)c(F)c1F. The van der Waals surface area contributed by atoms with Gasteiger partial charge in [-0.3, -0.25) is 0 Å². The Hall–Kier alpha value is -1.75. The number of furan rings is 1. The zero-order valence-electron chi connectivity index (χ0n) is 11.1. The van der Waals surface area contributed by atoms with Crippen molar-refractivity contribution >= 4 is 0 Å². The van der Waals surface area contributed by atoms with Crippen molar-refractivity contribution in [2.24, 2.45) is 0 Å². The van der Waals surface area contributed by atoms with E-state index in [0.29, 0.717) is 19.4 Å². The Labute approximate surface area is 115 Å². The first-order valence-corrected chi connectivity index (χ1v) is 6.52. The van der Waals surface area contributed by atoms with Crippen LogP contribution in [0.4, 0.5) is 13.2 Å². The number of halogens is 3. The number of hydrogen-bond donors (Lipinski definition) is 1. The largest absolute Gasteiger partial charge is 0.469 e. The lowest BCUT2D eigenvalue weighted by atomic mass is 10.00. The van der Waals surface area contributed by atoms with E-state index in [1.54, 1.807) is 12.3 Å². The van der Waals surface area contributed by atoms with Gasteiger partial charge in [0.2, 0.25) is 0 Å². The van der Waals surface area contributed by atoms with E-state index in [0.717, 1.165) is 11.8 Å². The minimum Gasteiger partial charge on any atom is -0.469 e. The average molecular weight is 283 g/mol. The summed E-state index contributed by atoms with van der Waals surface area (Å²) in [5, 5.41) is 3.08. The Morgan fingerprint density at radius 3 is 2.60 bits per heavy atom. The summed E-state index contributed by atoms with van der Waals surface area (Å²) in [6, 6.07) is 5.44. The molecule has 1 aromatic carbocycles. The third kappa shape index (κ3) is 3.22. The van der Waals surface area contributed by atoms with Crippen LogP contribution in [0.15, 0.2) is 34.9 Å². The molecule has 1 atom stereocenters. The van der Waals surface area contributed by atoms with Crippen molar-refractivity contribution in [1.29, 1.82) is 0 Å². The van der Waals surface area contributed by atoms with Gasteiger partial charge in [-0.2, -0.15) is 0 Å². The topological polar surface area (TPSA) is 25.2 Å². The second-order valence-corrected chi connectivity index (χ2v) is 4.49. The fourth-order valence-electron chi connectivity index (χ4n) is 2.17. The van der Waals surface area contributed by atoms with Crippen LogP contribution >= 0.6 is 0 Å². The van der Waals surface area contributed by atoms with Crippen molar-refractivity contribution < 1.29 is 17.6 Å². The van der Waals surface area contributed by atoms with Crippen LogP contribution in [0.3, 0.4) is 0 Å². The average Bonchev–Trinajstić information content (AvgIpc) is 2.95. The van der Waals surface area contributed by atoms with Crippen molar-refractivity contribution in [3.05, 3.63) is 59.3 Å². The lowest BCUT2D eigenvalue weighted by molar-refractivity contribution is 0.412. The van der Waals surface area contributed by atoms with Crippen LogP contribution in [0.1, 0.15) is 30.7 Å². The number of hydrogen-bond acceptors (Lipinski definition) is 2. The normalized spacial score (nSPS) is 12.6. The van der Waals surface area contributed by atoms with Crippen LogP contribution in [0, 0.1) is 17.5 Å². The lowest BCUT2D eigenvalue weighted by Gasteiger charge is -2.18. The van der Waals surface area contributed by atoms with Gasteiger partial charge in [0.25, 0.3) is 0 Å². The third-order valence-corrected chi connectivity index (χ3v) is 3.15. The predicted molar refractivity (Wildman–Crippen MR) is 69.8 cm³/mol. The molecule has 5 heteroatoms. The quantitative estimate of drug-likeness (QED) is 0.811. The van der Waals surface area contributed by atoms with E-state index in [9.17, 15) is 13.2 Å². The standard InChI is InChI=1S/C15H16F3NO/c1-2-19-13(8-5-10-4-3-9-20-10)11-6-7-12(16)15(18)14(11)17/h3-4,6-7,9,13,19H,2,5,8H2,1H3. The summed E-state index contributed by atoms with van der Waals surface area (Å²) in [6.45, 7) is 2.47. The van der Waals surface area contributed by atoms with Gasteiger partial charge in [0.15, 0.2) is 17.5 Å². The van der Waals surface area contributed by atoms with Crippen molar-refractivity contribution in [2.75, 3.05) is 6.54 Å². The number of rotatable bonds is 6. The van der Waals surface area contributed by atoms with Crippen LogP contribution in [0.5, 0.6) is 0 Å². The van der Waals surface area contributed by atoms with Gasteiger partial charge in [0, 0.05) is 18.0 Å². The Kier molecular flexibility index (Phi) is 4.84. The van der Waals surface area contributed by atoms with E-state index in [2.05, 4.69) is 5.32 Å². The van der Waals surface area contributed by atoms with Crippen LogP contribution < -0.4 is 5.32 Å². The molecule has 2 nitrogen and oxygen atoms in total. The molecule has 0 aliphatic heterocycles. The molecule has 2 rings (SSSR count). The molecule has 0 spiro atoms. The van der Waals surface area contributed by atoms with E-state index in [1.165, 1.54) is 6.07 Å². The second kappa shape index (κ2) is 6.61. The van der Waals surface area contributed by atoms with Gasteiger partial charge in [-0.1, -0.05) is 13.0 Å². The lowest BCUT2D eigenvalue weighted by Crippen LogP contribution is -2.23. The molecule has 0 saturated heterocycles. The Bertz CT molecular complexity index is 554. The molecule has 1 N–H and O–H groups in total. The fourth-order valence-corrected chi connectivity index (χ4v) is 2.17. The smallest absolute Gasteiger partial charge is 0.194 e. The highest BCUT2D eigenvalue weighted by atomic mass is 19.2. The highest BCUT2D eigenvalue weighted by Crippen LogP contribution is 2.25. The first kappa shape index (κ1) is 14.7. The summed E-state index contributed by atoms with van der Waals surface area (Å²) in [4.78, 5) is 0.